The van der Waals surface area contributed by atoms with Gasteiger partial charge in [-0.2, -0.15) is 0 Å². The predicted octanol–water partition coefficient (Wildman–Crippen LogP) is 5.48. The fourth-order valence-corrected chi connectivity index (χ4v) is 4.22. The zero-order chi connectivity index (χ0) is 20.6. The number of aryl methyl sites for hydroxylation is 4. The zero-order valence-corrected chi connectivity index (χ0v) is 18.2. The van der Waals surface area contributed by atoms with Crippen molar-refractivity contribution in [1.82, 2.24) is 9.97 Å². The molecule has 0 saturated heterocycles. The highest BCUT2D eigenvalue weighted by atomic mass is 16.2. The van der Waals surface area contributed by atoms with Gasteiger partial charge >= 0.3 is 0 Å². The molecule has 1 aliphatic heterocycles. The van der Waals surface area contributed by atoms with Crippen LogP contribution in [0.25, 0.3) is 0 Å². The van der Waals surface area contributed by atoms with Gasteiger partial charge in [0, 0.05) is 6.04 Å². The van der Waals surface area contributed by atoms with Gasteiger partial charge < -0.3 is 5.32 Å². The van der Waals surface area contributed by atoms with E-state index >= 15 is 0 Å². The van der Waals surface area contributed by atoms with Crippen LogP contribution in [0.5, 0.6) is 0 Å². The van der Waals surface area contributed by atoms with Crippen molar-refractivity contribution in [3.8, 4) is 0 Å². The van der Waals surface area contributed by atoms with Crippen molar-refractivity contribution in [2.24, 2.45) is 0 Å². The number of nitrogens with zero attached hydrogens (tertiary/aromatic N) is 3. The van der Waals surface area contributed by atoms with Crippen LogP contribution in [-0.2, 0) is 4.79 Å². The Bertz CT molecular complexity index is 883. The average molecular weight is 381 g/mol. The molecule has 28 heavy (non-hydrogen) atoms. The number of hydrogen-bond donors (Lipinski definition) is 1. The molecule has 0 spiro atoms. The Hall–Kier alpha value is -2.43. The van der Waals surface area contributed by atoms with Crippen molar-refractivity contribution >= 4 is 23.2 Å². The first-order valence-corrected chi connectivity index (χ1v) is 10.3. The molecule has 0 fully saturated rings. The SMILES string of the molecule is CCCCC(C)Nc1nc(C)nc2c1C(C)C(=O)N2c1c(C)cc(C)cc1C. The lowest BCUT2D eigenvalue weighted by atomic mass is 10.0. The van der Waals surface area contributed by atoms with Crippen LogP contribution in [0.2, 0.25) is 0 Å². The van der Waals surface area contributed by atoms with E-state index in [1.54, 1.807) is 4.90 Å². The summed E-state index contributed by atoms with van der Waals surface area (Å²) in [7, 11) is 0. The van der Waals surface area contributed by atoms with Crippen LogP contribution in [0.3, 0.4) is 0 Å². The largest absolute Gasteiger partial charge is 0.367 e. The number of aromatic nitrogens is 2. The number of amides is 1. The average Bonchev–Trinajstić information content (AvgIpc) is 2.84. The third-order valence-electron chi connectivity index (χ3n) is 5.51. The summed E-state index contributed by atoms with van der Waals surface area (Å²) in [5.74, 6) is 2.01. The van der Waals surface area contributed by atoms with Crippen LogP contribution >= 0.6 is 0 Å². The summed E-state index contributed by atoms with van der Waals surface area (Å²) in [5, 5.41) is 3.55. The van der Waals surface area contributed by atoms with Gasteiger partial charge in [-0.1, -0.05) is 37.5 Å². The maximum atomic E-state index is 13.3. The van der Waals surface area contributed by atoms with Gasteiger partial charge in [0.05, 0.1) is 17.2 Å². The Morgan fingerprint density at radius 3 is 2.39 bits per heavy atom. The van der Waals surface area contributed by atoms with E-state index in [1.165, 1.54) is 18.4 Å². The minimum absolute atomic E-state index is 0.0641. The summed E-state index contributed by atoms with van der Waals surface area (Å²) in [6.45, 7) is 14.4. The highest BCUT2D eigenvalue weighted by Crippen LogP contribution is 2.45. The van der Waals surface area contributed by atoms with E-state index < -0.39 is 0 Å². The summed E-state index contributed by atoms with van der Waals surface area (Å²) >= 11 is 0. The van der Waals surface area contributed by atoms with Crippen molar-refractivity contribution in [3.05, 3.63) is 40.2 Å². The molecule has 5 nitrogen and oxygen atoms in total. The topological polar surface area (TPSA) is 58.1 Å². The molecule has 2 unspecified atom stereocenters. The zero-order valence-electron chi connectivity index (χ0n) is 18.2. The van der Waals surface area contributed by atoms with Crippen molar-refractivity contribution < 1.29 is 4.79 Å². The smallest absolute Gasteiger partial charge is 0.240 e. The maximum absolute atomic E-state index is 13.3. The Labute approximate surface area is 168 Å². The predicted molar refractivity (Wildman–Crippen MR) is 116 cm³/mol. The van der Waals surface area contributed by atoms with Crippen molar-refractivity contribution in [1.29, 1.82) is 0 Å². The fraction of sp³-hybridized carbons (Fsp3) is 0.522. The number of carbonyl (C=O) groups is 1. The third kappa shape index (κ3) is 3.62. The van der Waals surface area contributed by atoms with E-state index in [9.17, 15) is 4.79 Å². The Kier molecular flexibility index (Phi) is 5.73. The molecule has 0 aliphatic carbocycles. The molecule has 5 heteroatoms. The molecule has 2 aromatic rings. The van der Waals surface area contributed by atoms with Crippen LogP contribution in [0, 0.1) is 27.7 Å². The summed E-state index contributed by atoms with van der Waals surface area (Å²) in [5.41, 5.74) is 5.24. The van der Waals surface area contributed by atoms with Crippen LogP contribution in [-0.4, -0.2) is 21.9 Å². The Morgan fingerprint density at radius 1 is 1.14 bits per heavy atom. The van der Waals surface area contributed by atoms with Gasteiger partial charge in [0.15, 0.2) is 0 Å². The lowest BCUT2D eigenvalue weighted by Crippen LogP contribution is -2.25. The van der Waals surface area contributed by atoms with E-state index in [1.807, 2.05) is 13.8 Å². The number of carbonyl (C=O) groups excluding carboxylic acids is 1. The van der Waals surface area contributed by atoms with Crippen molar-refractivity contribution in [3.63, 3.8) is 0 Å². The van der Waals surface area contributed by atoms with Crippen LogP contribution < -0.4 is 10.2 Å². The first-order valence-electron chi connectivity index (χ1n) is 10.3. The van der Waals surface area contributed by atoms with Gasteiger partial charge in [-0.15, -0.1) is 0 Å². The van der Waals surface area contributed by atoms with Gasteiger partial charge in [-0.05, 0) is 59.1 Å². The second-order valence-electron chi connectivity index (χ2n) is 8.19. The normalized spacial score (nSPS) is 17.0. The van der Waals surface area contributed by atoms with Gasteiger partial charge in [-0.3, -0.25) is 9.69 Å². The molecular formula is C23H32N4O. The molecule has 3 rings (SSSR count). The number of unbranched alkanes of at least 4 members (excludes halogenated alkanes) is 1. The van der Waals surface area contributed by atoms with E-state index in [0.29, 0.717) is 11.9 Å². The third-order valence-corrected chi connectivity index (χ3v) is 5.51. The summed E-state index contributed by atoms with van der Waals surface area (Å²) in [6, 6.07) is 4.55. The van der Waals surface area contributed by atoms with Crippen molar-refractivity contribution in [2.75, 3.05) is 10.2 Å². The molecule has 0 radical (unpaired) electrons. The van der Waals surface area contributed by atoms with Crippen LogP contribution in [0.4, 0.5) is 17.3 Å². The molecule has 150 valence electrons. The van der Waals surface area contributed by atoms with E-state index in [2.05, 4.69) is 57.1 Å². The fourth-order valence-electron chi connectivity index (χ4n) is 4.22. The highest BCUT2D eigenvalue weighted by molar-refractivity contribution is 6.11. The summed E-state index contributed by atoms with van der Waals surface area (Å²) < 4.78 is 0. The van der Waals surface area contributed by atoms with E-state index in [0.717, 1.165) is 40.4 Å². The minimum atomic E-state index is -0.267. The molecule has 1 N–H and O–H groups in total. The van der Waals surface area contributed by atoms with Gasteiger partial charge in [0.25, 0.3) is 0 Å². The first kappa shape index (κ1) is 20.3. The van der Waals surface area contributed by atoms with Crippen LogP contribution in [0.1, 0.15) is 74.0 Å². The monoisotopic (exact) mass is 380 g/mol. The standard InChI is InChI=1S/C23H32N4O/c1-8-9-10-16(5)24-21-19-17(6)23(28)27(22(19)26-18(7)25-21)20-14(3)11-13(2)12-15(20)4/h11-12,16-17H,8-10H2,1-7H3,(H,24,25,26). The second kappa shape index (κ2) is 7.90. The number of hydrogen-bond acceptors (Lipinski definition) is 4. The van der Waals surface area contributed by atoms with Crippen LogP contribution in [0.15, 0.2) is 12.1 Å². The van der Waals surface area contributed by atoms with Crippen molar-refractivity contribution in [2.45, 2.75) is 79.7 Å². The minimum Gasteiger partial charge on any atom is -0.367 e. The number of nitrogens with one attached hydrogen (secondary N) is 1. The first-order chi connectivity index (χ1) is 13.2. The molecule has 2 heterocycles. The summed E-state index contributed by atoms with van der Waals surface area (Å²) in [4.78, 5) is 24.5. The number of fused-ring (bicyclic) bond motifs is 1. The molecular weight excluding hydrogens is 348 g/mol. The number of benzene rings is 1. The van der Waals surface area contributed by atoms with E-state index in [-0.39, 0.29) is 11.8 Å². The lowest BCUT2D eigenvalue weighted by molar-refractivity contribution is -0.118. The summed E-state index contributed by atoms with van der Waals surface area (Å²) in [6.07, 6.45) is 3.42. The molecule has 0 bridgehead atoms. The Morgan fingerprint density at radius 2 is 1.79 bits per heavy atom. The van der Waals surface area contributed by atoms with E-state index in [4.69, 9.17) is 4.98 Å². The quantitative estimate of drug-likeness (QED) is 0.720. The Balaban J connectivity index is 2.10. The highest BCUT2D eigenvalue weighted by Gasteiger charge is 2.40. The molecule has 1 aliphatic rings. The molecule has 1 aromatic carbocycles. The van der Waals surface area contributed by atoms with Gasteiger partial charge in [0.1, 0.15) is 17.5 Å². The number of rotatable bonds is 6. The van der Waals surface area contributed by atoms with Gasteiger partial charge in [-0.25, -0.2) is 9.97 Å². The molecule has 1 aromatic heterocycles. The lowest BCUT2D eigenvalue weighted by Gasteiger charge is -2.23. The second-order valence-corrected chi connectivity index (χ2v) is 8.19. The molecule has 1 amide bonds. The van der Waals surface area contributed by atoms with Gasteiger partial charge in [0.2, 0.25) is 5.91 Å². The number of anilines is 3. The molecule has 2 atom stereocenters. The molecule has 0 saturated carbocycles. The maximum Gasteiger partial charge on any atom is 0.240 e.